The molecule has 1 aromatic carbocycles. The predicted octanol–water partition coefficient (Wildman–Crippen LogP) is 2.81. The van der Waals surface area contributed by atoms with Crippen molar-refractivity contribution in [3.8, 4) is 5.75 Å². The zero-order valence-electron chi connectivity index (χ0n) is 9.07. The average molecular weight is 225 g/mol. The van der Waals surface area contributed by atoms with E-state index in [-0.39, 0.29) is 0 Å². The fraction of sp³-hybridized carbons (Fsp3) is 0.417. The van der Waals surface area contributed by atoms with Crippen LogP contribution in [-0.2, 0) is 11.2 Å². The van der Waals surface area contributed by atoms with Crippen LogP contribution in [0.15, 0.2) is 29.2 Å². The molecule has 0 aliphatic heterocycles. The SMILES string of the molecule is [CH2]CCC[S+]([O-])c1cccc(OCC)c1. The molecule has 0 heterocycles. The van der Waals surface area contributed by atoms with E-state index in [4.69, 9.17) is 4.74 Å². The Morgan fingerprint density at radius 3 is 2.93 bits per heavy atom. The quantitative estimate of drug-likeness (QED) is 0.697. The van der Waals surface area contributed by atoms with Crippen molar-refractivity contribution in [1.29, 1.82) is 0 Å². The molecule has 1 radical (unpaired) electrons. The zero-order valence-corrected chi connectivity index (χ0v) is 9.89. The van der Waals surface area contributed by atoms with Crippen molar-refractivity contribution in [3.63, 3.8) is 0 Å². The van der Waals surface area contributed by atoms with E-state index in [1.165, 1.54) is 0 Å². The van der Waals surface area contributed by atoms with Crippen molar-refractivity contribution < 1.29 is 9.29 Å². The van der Waals surface area contributed by atoms with Gasteiger partial charge in [-0.3, -0.25) is 0 Å². The Hall–Kier alpha value is -0.670. The van der Waals surface area contributed by atoms with Gasteiger partial charge in [0.05, 0.1) is 6.61 Å². The maximum atomic E-state index is 11.8. The van der Waals surface area contributed by atoms with Gasteiger partial charge in [0, 0.05) is 6.07 Å². The molecular weight excluding hydrogens is 208 g/mol. The van der Waals surface area contributed by atoms with Gasteiger partial charge in [-0.2, -0.15) is 0 Å². The van der Waals surface area contributed by atoms with Gasteiger partial charge in [0.15, 0.2) is 4.90 Å². The van der Waals surface area contributed by atoms with Crippen LogP contribution in [0.2, 0.25) is 0 Å². The Morgan fingerprint density at radius 2 is 2.27 bits per heavy atom. The molecule has 1 atom stereocenters. The normalized spacial score (nSPS) is 12.5. The summed E-state index contributed by atoms with van der Waals surface area (Å²) < 4.78 is 17.1. The molecule has 0 N–H and O–H groups in total. The molecule has 0 fully saturated rings. The van der Waals surface area contributed by atoms with Gasteiger partial charge in [0.1, 0.15) is 11.5 Å². The number of hydrogen-bond donors (Lipinski definition) is 0. The minimum absolute atomic E-state index is 0.634. The van der Waals surface area contributed by atoms with Crippen molar-refractivity contribution in [2.45, 2.75) is 24.7 Å². The molecule has 0 spiro atoms. The Bertz CT molecular complexity index is 289. The first kappa shape index (κ1) is 12.4. The van der Waals surface area contributed by atoms with E-state index in [2.05, 4.69) is 6.92 Å². The second-order valence-electron chi connectivity index (χ2n) is 3.16. The zero-order chi connectivity index (χ0) is 11.1. The third kappa shape index (κ3) is 4.14. The fourth-order valence-corrected chi connectivity index (χ4v) is 2.40. The van der Waals surface area contributed by atoms with E-state index in [9.17, 15) is 4.55 Å². The average Bonchev–Trinajstić information content (AvgIpc) is 2.27. The van der Waals surface area contributed by atoms with E-state index >= 15 is 0 Å². The van der Waals surface area contributed by atoms with E-state index in [1.54, 1.807) is 0 Å². The lowest BCUT2D eigenvalue weighted by molar-refractivity contribution is 0.339. The second-order valence-corrected chi connectivity index (χ2v) is 4.74. The maximum Gasteiger partial charge on any atom is 0.156 e. The highest BCUT2D eigenvalue weighted by Crippen LogP contribution is 2.19. The van der Waals surface area contributed by atoms with Gasteiger partial charge in [-0.15, -0.1) is 0 Å². The molecule has 83 valence electrons. The molecule has 0 bridgehead atoms. The van der Waals surface area contributed by atoms with Gasteiger partial charge < -0.3 is 9.29 Å². The minimum atomic E-state index is -0.917. The Kier molecular flexibility index (Phi) is 5.58. The molecule has 2 nitrogen and oxygen atoms in total. The lowest BCUT2D eigenvalue weighted by Crippen LogP contribution is -2.06. The third-order valence-corrected chi connectivity index (χ3v) is 3.40. The summed E-state index contributed by atoms with van der Waals surface area (Å²) in [5, 5.41) is 0. The smallest absolute Gasteiger partial charge is 0.156 e. The van der Waals surface area contributed by atoms with Crippen molar-refractivity contribution in [2.24, 2.45) is 0 Å². The standard InChI is InChI=1S/C12H17O2S/c1-3-5-9-15(13)12-8-6-7-11(10-12)14-4-2/h6-8,10H,1,3-5,9H2,2H3. The summed E-state index contributed by atoms with van der Waals surface area (Å²) in [5.74, 6) is 1.47. The highest BCUT2D eigenvalue weighted by Gasteiger charge is 2.10. The molecule has 0 saturated carbocycles. The molecule has 0 saturated heterocycles. The van der Waals surface area contributed by atoms with Crippen LogP contribution >= 0.6 is 0 Å². The monoisotopic (exact) mass is 225 g/mol. The molecule has 1 aromatic rings. The van der Waals surface area contributed by atoms with Crippen LogP contribution in [0, 0.1) is 6.92 Å². The van der Waals surface area contributed by atoms with Crippen LogP contribution in [0.1, 0.15) is 19.8 Å². The van der Waals surface area contributed by atoms with Gasteiger partial charge in [0.25, 0.3) is 0 Å². The highest BCUT2D eigenvalue weighted by atomic mass is 32.2. The molecule has 0 amide bonds. The van der Waals surface area contributed by atoms with Crippen LogP contribution in [0.25, 0.3) is 0 Å². The first-order chi connectivity index (χ1) is 7.27. The molecular formula is C12H17O2S. The number of benzene rings is 1. The number of hydrogen-bond acceptors (Lipinski definition) is 2. The van der Waals surface area contributed by atoms with Crippen molar-refractivity contribution in [2.75, 3.05) is 12.4 Å². The Balaban J connectivity index is 2.62. The van der Waals surface area contributed by atoms with Crippen molar-refractivity contribution in [3.05, 3.63) is 31.2 Å². The number of unbranched alkanes of at least 4 members (excludes halogenated alkanes) is 1. The summed E-state index contributed by atoms with van der Waals surface area (Å²) in [7, 11) is 0. The first-order valence-electron chi connectivity index (χ1n) is 5.18. The molecule has 1 rings (SSSR count). The molecule has 1 unspecified atom stereocenters. The van der Waals surface area contributed by atoms with E-state index in [0.29, 0.717) is 12.4 Å². The van der Waals surface area contributed by atoms with Gasteiger partial charge in [-0.05, 0) is 43.1 Å². The summed E-state index contributed by atoms with van der Waals surface area (Å²) in [4.78, 5) is 0.842. The number of ether oxygens (including phenoxy) is 1. The Morgan fingerprint density at radius 1 is 1.47 bits per heavy atom. The summed E-state index contributed by atoms with van der Waals surface area (Å²) in [5.41, 5.74) is 0. The Labute approximate surface area is 94.8 Å². The first-order valence-corrected chi connectivity index (χ1v) is 6.50. The van der Waals surface area contributed by atoms with Crippen LogP contribution in [0.5, 0.6) is 5.75 Å². The van der Waals surface area contributed by atoms with Crippen LogP contribution in [-0.4, -0.2) is 16.9 Å². The van der Waals surface area contributed by atoms with E-state index < -0.39 is 11.2 Å². The van der Waals surface area contributed by atoms with Gasteiger partial charge in [0.2, 0.25) is 0 Å². The molecule has 15 heavy (non-hydrogen) atoms. The highest BCUT2D eigenvalue weighted by molar-refractivity contribution is 7.91. The summed E-state index contributed by atoms with van der Waals surface area (Å²) in [6.45, 7) is 6.31. The minimum Gasteiger partial charge on any atom is -0.611 e. The molecule has 0 aliphatic carbocycles. The molecule has 3 heteroatoms. The van der Waals surface area contributed by atoms with Gasteiger partial charge in [-0.25, -0.2) is 0 Å². The number of rotatable bonds is 6. The van der Waals surface area contributed by atoms with Crippen LogP contribution in [0.4, 0.5) is 0 Å². The summed E-state index contributed by atoms with van der Waals surface area (Å²) in [6, 6.07) is 7.48. The fourth-order valence-electron chi connectivity index (χ4n) is 1.22. The van der Waals surface area contributed by atoms with Crippen molar-refractivity contribution in [1.82, 2.24) is 0 Å². The van der Waals surface area contributed by atoms with Crippen LogP contribution in [0.3, 0.4) is 0 Å². The molecule has 0 aliphatic rings. The topological polar surface area (TPSA) is 32.3 Å². The maximum absolute atomic E-state index is 11.8. The van der Waals surface area contributed by atoms with Gasteiger partial charge in [-0.1, -0.05) is 13.0 Å². The summed E-state index contributed by atoms with van der Waals surface area (Å²) in [6.07, 6.45) is 1.72. The lowest BCUT2D eigenvalue weighted by atomic mass is 10.3. The summed E-state index contributed by atoms with van der Waals surface area (Å²) >= 11 is -0.917. The van der Waals surface area contributed by atoms with E-state index in [0.717, 1.165) is 23.5 Å². The lowest BCUT2D eigenvalue weighted by Gasteiger charge is -2.11. The van der Waals surface area contributed by atoms with Crippen LogP contribution < -0.4 is 4.74 Å². The third-order valence-electron chi connectivity index (χ3n) is 1.96. The predicted molar refractivity (Wildman–Crippen MR) is 63.5 cm³/mol. The second kappa shape index (κ2) is 6.75. The molecule has 0 aromatic heterocycles. The van der Waals surface area contributed by atoms with Gasteiger partial charge >= 0.3 is 0 Å². The van der Waals surface area contributed by atoms with E-state index in [1.807, 2.05) is 31.2 Å². The van der Waals surface area contributed by atoms with Crippen molar-refractivity contribution >= 4 is 11.2 Å². The largest absolute Gasteiger partial charge is 0.611 e.